The lowest BCUT2D eigenvalue weighted by atomic mass is 10.2. The second kappa shape index (κ2) is 5.49. The highest BCUT2D eigenvalue weighted by Gasteiger charge is 2.08. The summed E-state index contributed by atoms with van der Waals surface area (Å²) in [4.78, 5) is 4.31. The van der Waals surface area contributed by atoms with Crippen LogP contribution < -0.4 is 10.5 Å². The Labute approximate surface area is 122 Å². The van der Waals surface area contributed by atoms with Crippen molar-refractivity contribution in [3.63, 3.8) is 0 Å². The van der Waals surface area contributed by atoms with Crippen LogP contribution in [0.2, 0.25) is 5.02 Å². The molecule has 100 valence electrons. The first kappa shape index (κ1) is 12.9. The van der Waals surface area contributed by atoms with Crippen molar-refractivity contribution in [1.29, 1.82) is 0 Å². The van der Waals surface area contributed by atoms with Crippen LogP contribution >= 0.6 is 11.6 Å². The topological polar surface area (TPSA) is 48.1 Å². The number of rotatable bonds is 3. The van der Waals surface area contributed by atoms with E-state index in [9.17, 15) is 0 Å². The Balaban J connectivity index is 1.99. The molecule has 0 amide bonds. The van der Waals surface area contributed by atoms with Gasteiger partial charge in [0.1, 0.15) is 11.5 Å². The van der Waals surface area contributed by atoms with E-state index in [1.807, 2.05) is 42.5 Å². The van der Waals surface area contributed by atoms with Crippen LogP contribution in [0.15, 0.2) is 54.7 Å². The normalized spacial score (nSPS) is 10.7. The third-order valence-corrected chi connectivity index (χ3v) is 3.44. The van der Waals surface area contributed by atoms with Gasteiger partial charge < -0.3 is 10.5 Å². The molecular weight excluding hydrogens is 272 g/mol. The minimum Gasteiger partial charge on any atom is -0.457 e. The molecule has 0 bridgehead atoms. The van der Waals surface area contributed by atoms with Gasteiger partial charge in [-0.2, -0.15) is 0 Å². The molecular formula is C16H13ClN2O. The summed E-state index contributed by atoms with van der Waals surface area (Å²) in [6.07, 6.45) is 1.76. The van der Waals surface area contributed by atoms with Gasteiger partial charge in [0.05, 0.1) is 5.52 Å². The van der Waals surface area contributed by atoms with Crippen molar-refractivity contribution < 1.29 is 4.74 Å². The number of hydrogen-bond acceptors (Lipinski definition) is 3. The quantitative estimate of drug-likeness (QED) is 0.786. The number of hydrogen-bond donors (Lipinski definition) is 1. The number of halogens is 1. The molecule has 0 fully saturated rings. The summed E-state index contributed by atoms with van der Waals surface area (Å²) in [5.74, 6) is 1.39. The fourth-order valence-electron chi connectivity index (χ4n) is 2.07. The maximum absolute atomic E-state index is 6.12. The molecule has 0 unspecified atom stereocenters. The van der Waals surface area contributed by atoms with E-state index in [1.54, 1.807) is 12.3 Å². The van der Waals surface area contributed by atoms with E-state index >= 15 is 0 Å². The molecule has 2 aromatic carbocycles. The maximum Gasteiger partial charge on any atom is 0.133 e. The van der Waals surface area contributed by atoms with E-state index in [1.165, 1.54) is 0 Å². The standard InChI is InChI=1S/C16H13ClN2O/c17-14-4-1-5-16(13(14)10-18)20-12-7-6-11-3-2-8-19-15(11)9-12/h1-9H,10,18H2. The van der Waals surface area contributed by atoms with Gasteiger partial charge >= 0.3 is 0 Å². The molecule has 0 atom stereocenters. The molecule has 0 saturated carbocycles. The number of nitrogens with zero attached hydrogens (tertiary/aromatic N) is 1. The molecule has 3 rings (SSSR count). The molecule has 1 aromatic heterocycles. The summed E-state index contributed by atoms with van der Waals surface area (Å²) in [6.45, 7) is 0.334. The third-order valence-electron chi connectivity index (χ3n) is 3.09. The predicted octanol–water partition coefficient (Wildman–Crippen LogP) is 4.14. The van der Waals surface area contributed by atoms with E-state index in [4.69, 9.17) is 22.1 Å². The summed E-state index contributed by atoms with van der Waals surface area (Å²) in [6, 6.07) is 15.2. The van der Waals surface area contributed by atoms with Crippen molar-refractivity contribution in [3.05, 3.63) is 65.3 Å². The number of pyridine rings is 1. The van der Waals surface area contributed by atoms with Crippen LogP contribution in [0.25, 0.3) is 10.9 Å². The first-order valence-corrected chi connectivity index (χ1v) is 6.66. The minimum absolute atomic E-state index is 0.334. The summed E-state index contributed by atoms with van der Waals surface area (Å²) >= 11 is 6.12. The van der Waals surface area contributed by atoms with Gasteiger partial charge in [-0.3, -0.25) is 4.98 Å². The van der Waals surface area contributed by atoms with Crippen LogP contribution in [0.1, 0.15) is 5.56 Å². The van der Waals surface area contributed by atoms with Gasteiger partial charge in [0.2, 0.25) is 0 Å². The van der Waals surface area contributed by atoms with E-state index in [2.05, 4.69) is 4.98 Å². The lowest BCUT2D eigenvalue weighted by molar-refractivity contribution is 0.477. The average Bonchev–Trinajstić information content (AvgIpc) is 2.47. The molecule has 2 N–H and O–H groups in total. The molecule has 3 nitrogen and oxygen atoms in total. The molecule has 4 heteroatoms. The molecule has 0 saturated heterocycles. The number of nitrogens with two attached hydrogens (primary N) is 1. The van der Waals surface area contributed by atoms with Crippen molar-refractivity contribution in [3.8, 4) is 11.5 Å². The van der Waals surface area contributed by atoms with Crippen LogP contribution in [0.5, 0.6) is 11.5 Å². The first-order chi connectivity index (χ1) is 9.78. The second-order valence-corrected chi connectivity index (χ2v) is 4.79. The van der Waals surface area contributed by atoms with Crippen molar-refractivity contribution in [2.75, 3.05) is 0 Å². The molecule has 0 spiro atoms. The zero-order valence-corrected chi connectivity index (χ0v) is 11.5. The Morgan fingerprint density at radius 1 is 1.10 bits per heavy atom. The van der Waals surface area contributed by atoms with Crippen LogP contribution in [-0.4, -0.2) is 4.98 Å². The van der Waals surface area contributed by atoms with Crippen molar-refractivity contribution >= 4 is 22.5 Å². The molecule has 0 aliphatic carbocycles. The summed E-state index contributed by atoms with van der Waals surface area (Å²) < 4.78 is 5.88. The van der Waals surface area contributed by atoms with E-state index in [0.29, 0.717) is 23.1 Å². The fourth-order valence-corrected chi connectivity index (χ4v) is 2.31. The minimum atomic E-state index is 0.334. The lowest BCUT2D eigenvalue weighted by Crippen LogP contribution is -2.00. The maximum atomic E-state index is 6.12. The predicted molar refractivity (Wildman–Crippen MR) is 81.2 cm³/mol. The lowest BCUT2D eigenvalue weighted by Gasteiger charge is -2.11. The molecule has 0 aliphatic rings. The van der Waals surface area contributed by atoms with Gasteiger partial charge in [0.25, 0.3) is 0 Å². The van der Waals surface area contributed by atoms with Crippen LogP contribution in [0, 0.1) is 0 Å². The average molecular weight is 285 g/mol. The number of aromatic nitrogens is 1. The SMILES string of the molecule is NCc1c(Cl)cccc1Oc1ccc2cccnc2c1. The highest BCUT2D eigenvalue weighted by molar-refractivity contribution is 6.31. The molecule has 20 heavy (non-hydrogen) atoms. The summed E-state index contributed by atoms with van der Waals surface area (Å²) in [5.41, 5.74) is 7.41. The van der Waals surface area contributed by atoms with Crippen molar-refractivity contribution in [2.45, 2.75) is 6.54 Å². The Morgan fingerprint density at radius 3 is 2.85 bits per heavy atom. The zero-order valence-electron chi connectivity index (χ0n) is 10.7. The molecule has 1 heterocycles. The number of fused-ring (bicyclic) bond motifs is 1. The van der Waals surface area contributed by atoms with Gasteiger partial charge in [-0.15, -0.1) is 0 Å². The first-order valence-electron chi connectivity index (χ1n) is 6.28. The Kier molecular flexibility index (Phi) is 3.54. The van der Waals surface area contributed by atoms with E-state index in [-0.39, 0.29) is 0 Å². The van der Waals surface area contributed by atoms with Gasteiger partial charge in [0, 0.05) is 34.8 Å². The molecule has 0 aliphatic heterocycles. The number of ether oxygens (including phenoxy) is 1. The molecule has 3 aromatic rings. The van der Waals surface area contributed by atoms with Gasteiger partial charge in [-0.25, -0.2) is 0 Å². The highest BCUT2D eigenvalue weighted by atomic mass is 35.5. The Bertz CT molecular complexity index is 758. The highest BCUT2D eigenvalue weighted by Crippen LogP contribution is 2.31. The second-order valence-electron chi connectivity index (χ2n) is 4.38. The van der Waals surface area contributed by atoms with Crippen LogP contribution in [0.3, 0.4) is 0 Å². The van der Waals surface area contributed by atoms with Gasteiger partial charge in [-0.1, -0.05) is 23.7 Å². The van der Waals surface area contributed by atoms with Gasteiger partial charge in [-0.05, 0) is 30.3 Å². The van der Waals surface area contributed by atoms with Crippen molar-refractivity contribution in [2.24, 2.45) is 5.73 Å². The molecule has 0 radical (unpaired) electrons. The fraction of sp³-hybridized carbons (Fsp3) is 0.0625. The van der Waals surface area contributed by atoms with Crippen molar-refractivity contribution in [1.82, 2.24) is 4.98 Å². The number of benzene rings is 2. The largest absolute Gasteiger partial charge is 0.457 e. The third kappa shape index (κ3) is 2.46. The van der Waals surface area contributed by atoms with Crippen LogP contribution in [-0.2, 0) is 6.54 Å². The Morgan fingerprint density at radius 2 is 2.00 bits per heavy atom. The monoisotopic (exact) mass is 284 g/mol. The smallest absolute Gasteiger partial charge is 0.133 e. The zero-order chi connectivity index (χ0) is 13.9. The Hall–Kier alpha value is -2.10. The van der Waals surface area contributed by atoms with Crippen LogP contribution in [0.4, 0.5) is 0 Å². The van der Waals surface area contributed by atoms with E-state index < -0.39 is 0 Å². The van der Waals surface area contributed by atoms with E-state index in [0.717, 1.165) is 16.5 Å². The summed E-state index contributed by atoms with van der Waals surface area (Å²) in [7, 11) is 0. The van der Waals surface area contributed by atoms with Gasteiger partial charge in [0.15, 0.2) is 0 Å². The summed E-state index contributed by atoms with van der Waals surface area (Å²) in [5, 5.41) is 1.69.